The van der Waals surface area contributed by atoms with Crippen LogP contribution in [0.4, 0.5) is 0 Å². The number of nitrogens with two attached hydrogens (primary N) is 1. The van der Waals surface area contributed by atoms with E-state index in [0.29, 0.717) is 12.8 Å². The molecule has 108 valence electrons. The summed E-state index contributed by atoms with van der Waals surface area (Å²) in [6.45, 7) is 4.07. The van der Waals surface area contributed by atoms with Gasteiger partial charge >= 0.3 is 5.97 Å². The summed E-state index contributed by atoms with van der Waals surface area (Å²) in [5.41, 5.74) is 5.50. The fraction of sp³-hybridized carbons (Fsp3) is 0.909. The van der Waals surface area contributed by atoms with E-state index in [9.17, 15) is 13.2 Å². The highest BCUT2D eigenvalue weighted by atomic mass is 32.2. The third kappa shape index (κ3) is 6.93. The fourth-order valence-electron chi connectivity index (χ4n) is 1.33. The van der Waals surface area contributed by atoms with E-state index in [1.54, 1.807) is 0 Å². The van der Waals surface area contributed by atoms with Crippen molar-refractivity contribution >= 4 is 16.0 Å². The molecule has 0 aromatic carbocycles. The van der Waals surface area contributed by atoms with E-state index in [1.807, 2.05) is 13.8 Å². The number of hydrogen-bond donors (Lipinski definition) is 2. The molecule has 0 atom stereocenters. The lowest BCUT2D eigenvalue weighted by atomic mass is 9.95. The lowest BCUT2D eigenvalue weighted by molar-refractivity contribution is -0.140. The molecule has 0 aliphatic carbocycles. The molecule has 0 radical (unpaired) electrons. The predicted octanol–water partition coefficient (Wildman–Crippen LogP) is 0.377. The van der Waals surface area contributed by atoms with Crippen molar-refractivity contribution in [1.29, 1.82) is 0 Å². The Labute approximate surface area is 109 Å². The average Bonchev–Trinajstić information content (AvgIpc) is 2.35. The van der Waals surface area contributed by atoms with Gasteiger partial charge in [0.05, 0.1) is 12.9 Å². The van der Waals surface area contributed by atoms with Crippen molar-refractivity contribution < 1.29 is 17.9 Å². The molecule has 0 aromatic rings. The van der Waals surface area contributed by atoms with Gasteiger partial charge in [-0.05, 0) is 19.3 Å². The molecule has 0 aliphatic heterocycles. The van der Waals surface area contributed by atoms with E-state index < -0.39 is 21.5 Å². The summed E-state index contributed by atoms with van der Waals surface area (Å²) in [6.07, 6.45) is 1.76. The second-order valence-electron chi connectivity index (χ2n) is 4.39. The number of ether oxygens (including phenoxy) is 1. The van der Waals surface area contributed by atoms with Crippen molar-refractivity contribution in [3.05, 3.63) is 0 Å². The van der Waals surface area contributed by atoms with Crippen LogP contribution in [0.25, 0.3) is 0 Å². The summed E-state index contributed by atoms with van der Waals surface area (Å²) < 4.78 is 30.2. The zero-order valence-electron chi connectivity index (χ0n) is 11.4. The highest BCUT2D eigenvalue weighted by Gasteiger charge is 2.22. The molecule has 0 bridgehead atoms. The van der Waals surface area contributed by atoms with Gasteiger partial charge in [0.25, 0.3) is 0 Å². The second-order valence-corrected chi connectivity index (χ2v) is 6.32. The average molecular weight is 280 g/mol. The molecule has 0 rings (SSSR count). The minimum atomic E-state index is -3.38. The maximum absolute atomic E-state index is 11.7. The van der Waals surface area contributed by atoms with Crippen molar-refractivity contribution in [1.82, 2.24) is 4.72 Å². The van der Waals surface area contributed by atoms with Gasteiger partial charge in [-0.15, -0.1) is 0 Å². The van der Waals surface area contributed by atoms with Crippen LogP contribution in [0.5, 0.6) is 0 Å². The van der Waals surface area contributed by atoms with Gasteiger partial charge in [-0.3, -0.25) is 4.79 Å². The Morgan fingerprint density at radius 2 is 1.89 bits per heavy atom. The van der Waals surface area contributed by atoms with Gasteiger partial charge in [-0.1, -0.05) is 13.8 Å². The van der Waals surface area contributed by atoms with E-state index in [2.05, 4.69) is 9.46 Å². The molecule has 0 heterocycles. The molecule has 3 N–H and O–H groups in total. The van der Waals surface area contributed by atoms with E-state index in [-0.39, 0.29) is 25.1 Å². The zero-order valence-corrected chi connectivity index (χ0v) is 12.2. The maximum Gasteiger partial charge on any atom is 0.305 e. The molecule has 18 heavy (non-hydrogen) atoms. The Hall–Kier alpha value is -0.660. The Kier molecular flexibility index (Phi) is 7.42. The summed E-state index contributed by atoms with van der Waals surface area (Å²) in [5, 5.41) is 0. The first-order chi connectivity index (χ1) is 8.28. The molecule has 0 aliphatic rings. The van der Waals surface area contributed by atoms with Crippen molar-refractivity contribution in [3.8, 4) is 0 Å². The highest BCUT2D eigenvalue weighted by molar-refractivity contribution is 7.89. The summed E-state index contributed by atoms with van der Waals surface area (Å²) in [5.74, 6) is -0.494. The van der Waals surface area contributed by atoms with Crippen LogP contribution in [0.3, 0.4) is 0 Å². The van der Waals surface area contributed by atoms with E-state index >= 15 is 0 Å². The van der Waals surface area contributed by atoms with Crippen molar-refractivity contribution in [2.45, 2.75) is 45.1 Å². The summed E-state index contributed by atoms with van der Waals surface area (Å²) >= 11 is 0. The quantitative estimate of drug-likeness (QED) is 0.595. The first-order valence-electron chi connectivity index (χ1n) is 6.11. The van der Waals surface area contributed by atoms with Crippen molar-refractivity contribution in [3.63, 3.8) is 0 Å². The summed E-state index contributed by atoms with van der Waals surface area (Å²) in [4.78, 5) is 10.8. The molecule has 7 heteroatoms. The highest BCUT2D eigenvalue weighted by Crippen LogP contribution is 2.10. The van der Waals surface area contributed by atoms with E-state index in [0.717, 1.165) is 0 Å². The third-order valence-corrected chi connectivity index (χ3v) is 4.48. The van der Waals surface area contributed by atoms with E-state index in [4.69, 9.17) is 5.73 Å². The Morgan fingerprint density at radius 1 is 1.33 bits per heavy atom. The van der Waals surface area contributed by atoms with Crippen LogP contribution in [0.2, 0.25) is 0 Å². The molecular weight excluding hydrogens is 256 g/mol. The standard InChI is InChI=1S/C11H24N2O4S/c1-4-11(12,5-2)9-13-18(15,16)8-6-7-10(14)17-3/h13H,4-9,12H2,1-3H3. The summed E-state index contributed by atoms with van der Waals surface area (Å²) in [6, 6.07) is 0. The summed E-state index contributed by atoms with van der Waals surface area (Å²) in [7, 11) is -2.10. The smallest absolute Gasteiger partial charge is 0.305 e. The number of methoxy groups -OCH3 is 1. The minimum absolute atomic E-state index is 0.0917. The molecule has 0 saturated heterocycles. The lowest BCUT2D eigenvalue weighted by Gasteiger charge is -2.26. The molecule has 0 spiro atoms. The van der Waals surface area contributed by atoms with Gasteiger partial charge in [0.2, 0.25) is 10.0 Å². The van der Waals surface area contributed by atoms with Crippen LogP contribution >= 0.6 is 0 Å². The molecule has 0 fully saturated rings. The Balaban J connectivity index is 4.12. The van der Waals surface area contributed by atoms with Crippen LogP contribution in [-0.2, 0) is 19.6 Å². The molecular formula is C11H24N2O4S. The molecule has 0 amide bonds. The fourth-order valence-corrected chi connectivity index (χ4v) is 2.51. The molecule has 0 saturated carbocycles. The van der Waals surface area contributed by atoms with Gasteiger partial charge in [0.15, 0.2) is 0 Å². The SMILES string of the molecule is CCC(N)(CC)CNS(=O)(=O)CCCC(=O)OC. The van der Waals surface area contributed by atoms with Crippen LogP contribution < -0.4 is 10.5 Å². The van der Waals surface area contributed by atoms with Crippen molar-refractivity contribution in [2.75, 3.05) is 19.4 Å². The lowest BCUT2D eigenvalue weighted by Crippen LogP contribution is -2.49. The molecule has 0 unspecified atom stereocenters. The topological polar surface area (TPSA) is 98.5 Å². The first kappa shape index (κ1) is 17.3. The third-order valence-electron chi connectivity index (χ3n) is 3.07. The van der Waals surface area contributed by atoms with Crippen LogP contribution in [-0.4, -0.2) is 39.3 Å². The molecule has 6 nitrogen and oxygen atoms in total. The second kappa shape index (κ2) is 7.70. The van der Waals surface area contributed by atoms with Crippen LogP contribution in [0.15, 0.2) is 0 Å². The number of esters is 1. The number of carbonyl (C=O) groups excluding carboxylic acids is 1. The van der Waals surface area contributed by atoms with Crippen molar-refractivity contribution in [2.24, 2.45) is 5.73 Å². The zero-order chi connectivity index (χ0) is 14.2. The Bertz CT molecular complexity index is 350. The van der Waals surface area contributed by atoms with Crippen LogP contribution in [0.1, 0.15) is 39.5 Å². The van der Waals surface area contributed by atoms with Gasteiger partial charge in [-0.2, -0.15) is 0 Å². The number of carbonyl (C=O) groups is 1. The van der Waals surface area contributed by atoms with Gasteiger partial charge in [0.1, 0.15) is 0 Å². The number of nitrogens with one attached hydrogen (secondary N) is 1. The number of hydrogen-bond acceptors (Lipinski definition) is 5. The van der Waals surface area contributed by atoms with Gasteiger partial charge in [-0.25, -0.2) is 13.1 Å². The number of sulfonamides is 1. The normalized spacial score (nSPS) is 12.4. The molecule has 0 aromatic heterocycles. The maximum atomic E-state index is 11.7. The Morgan fingerprint density at radius 3 is 2.33 bits per heavy atom. The number of rotatable bonds is 9. The largest absolute Gasteiger partial charge is 0.469 e. The van der Waals surface area contributed by atoms with Gasteiger partial charge in [0, 0.05) is 18.5 Å². The first-order valence-corrected chi connectivity index (χ1v) is 7.77. The predicted molar refractivity (Wildman–Crippen MR) is 70.5 cm³/mol. The monoisotopic (exact) mass is 280 g/mol. The van der Waals surface area contributed by atoms with E-state index in [1.165, 1.54) is 7.11 Å². The van der Waals surface area contributed by atoms with Gasteiger partial charge < -0.3 is 10.5 Å². The minimum Gasteiger partial charge on any atom is -0.469 e. The van der Waals surface area contributed by atoms with Crippen LogP contribution in [0, 0.1) is 0 Å².